The van der Waals surface area contributed by atoms with Crippen LogP contribution in [0.2, 0.25) is 0 Å². The van der Waals surface area contributed by atoms with Crippen molar-refractivity contribution in [2.24, 2.45) is 0 Å². The molecular weight excluding hydrogens is 351 g/mol. The smallest absolute Gasteiger partial charge is 0.224 e. The van der Waals surface area contributed by atoms with Gasteiger partial charge in [0.15, 0.2) is 0 Å². The molecule has 0 saturated carbocycles. The van der Waals surface area contributed by atoms with Gasteiger partial charge in [-0.05, 0) is 54.1 Å². The summed E-state index contributed by atoms with van der Waals surface area (Å²) in [5.74, 6) is -0.00355. The summed E-state index contributed by atoms with van der Waals surface area (Å²) < 4.78 is 1.13. The lowest BCUT2D eigenvalue weighted by molar-refractivity contribution is -0.116. The second-order valence-electron chi connectivity index (χ2n) is 4.50. The van der Waals surface area contributed by atoms with Crippen molar-refractivity contribution in [3.63, 3.8) is 0 Å². The van der Waals surface area contributed by atoms with E-state index >= 15 is 0 Å². The molecule has 0 bridgehead atoms. The lowest BCUT2D eigenvalue weighted by Gasteiger charge is -2.09. The maximum absolute atomic E-state index is 11.9. The lowest BCUT2D eigenvalue weighted by Crippen LogP contribution is -2.11. The predicted octanol–water partition coefficient (Wildman–Crippen LogP) is 4.13. The average molecular weight is 366 g/mol. The van der Waals surface area contributed by atoms with Gasteiger partial charge in [0, 0.05) is 21.6 Å². The van der Waals surface area contributed by atoms with Gasteiger partial charge in [0.25, 0.3) is 0 Å². The Hall–Kier alpha value is -1.43. The summed E-state index contributed by atoms with van der Waals surface area (Å²) in [7, 11) is 0. The zero-order chi connectivity index (χ0) is 13.8. The summed E-state index contributed by atoms with van der Waals surface area (Å²) in [6.45, 7) is 5.73. The van der Waals surface area contributed by atoms with Crippen LogP contribution in [0.25, 0.3) is 10.9 Å². The summed E-state index contributed by atoms with van der Waals surface area (Å²) in [4.78, 5) is 16.2. The number of fused-ring (bicyclic) bond motifs is 1. The van der Waals surface area contributed by atoms with Crippen LogP contribution in [0, 0.1) is 3.57 Å². The maximum atomic E-state index is 11.9. The first kappa shape index (κ1) is 14.0. The number of halogens is 1. The third-order valence-electron chi connectivity index (χ3n) is 2.77. The highest BCUT2D eigenvalue weighted by molar-refractivity contribution is 14.1. The highest BCUT2D eigenvalue weighted by atomic mass is 127. The number of carbonyl (C=O) groups excluding carboxylic acids is 1. The summed E-state index contributed by atoms with van der Waals surface area (Å²) in [5, 5.41) is 3.98. The van der Waals surface area contributed by atoms with Gasteiger partial charge in [-0.3, -0.25) is 9.78 Å². The maximum Gasteiger partial charge on any atom is 0.224 e. The topological polar surface area (TPSA) is 42.0 Å². The standard InChI is InChI=1S/C15H15IN2O/c1-10(2)5-8-14(19)18-13-7-6-12(16)11-4-3-9-17-15(11)13/h3-4,6-7,9H,1,5,8H2,2H3,(H,18,19). The Morgan fingerprint density at radius 3 is 2.89 bits per heavy atom. The summed E-state index contributed by atoms with van der Waals surface area (Å²) in [6, 6.07) is 7.79. The fourth-order valence-electron chi connectivity index (χ4n) is 1.78. The largest absolute Gasteiger partial charge is 0.324 e. The van der Waals surface area contributed by atoms with Crippen molar-refractivity contribution >= 4 is 45.1 Å². The fraction of sp³-hybridized carbons (Fsp3) is 0.200. The molecule has 0 unspecified atom stereocenters. The van der Waals surface area contributed by atoms with Gasteiger partial charge in [-0.2, -0.15) is 0 Å². The van der Waals surface area contributed by atoms with Crippen LogP contribution in [0.15, 0.2) is 42.6 Å². The zero-order valence-corrected chi connectivity index (χ0v) is 12.9. The number of allylic oxidation sites excluding steroid dienone is 1. The van der Waals surface area contributed by atoms with Gasteiger partial charge >= 0.3 is 0 Å². The van der Waals surface area contributed by atoms with Crippen LogP contribution in [0.1, 0.15) is 19.8 Å². The molecule has 0 saturated heterocycles. The van der Waals surface area contributed by atoms with E-state index in [1.54, 1.807) is 6.20 Å². The number of nitrogens with zero attached hydrogens (tertiary/aromatic N) is 1. The molecule has 19 heavy (non-hydrogen) atoms. The zero-order valence-electron chi connectivity index (χ0n) is 10.7. The first-order chi connectivity index (χ1) is 9.08. The van der Waals surface area contributed by atoms with Gasteiger partial charge in [-0.15, -0.1) is 6.58 Å². The number of benzene rings is 1. The Labute approximate surface area is 126 Å². The molecule has 1 N–H and O–H groups in total. The van der Waals surface area contributed by atoms with Gasteiger partial charge in [-0.25, -0.2) is 0 Å². The van der Waals surface area contributed by atoms with E-state index in [-0.39, 0.29) is 5.91 Å². The number of pyridine rings is 1. The molecule has 0 aliphatic heterocycles. The molecule has 0 atom stereocenters. The quantitative estimate of drug-likeness (QED) is 0.653. The average Bonchev–Trinajstić information content (AvgIpc) is 2.40. The number of nitrogens with one attached hydrogen (secondary N) is 1. The van der Waals surface area contributed by atoms with Crippen molar-refractivity contribution in [3.8, 4) is 0 Å². The predicted molar refractivity (Wildman–Crippen MR) is 87.1 cm³/mol. The minimum absolute atomic E-state index is 0.00355. The van der Waals surface area contributed by atoms with Crippen LogP contribution in [-0.2, 0) is 4.79 Å². The van der Waals surface area contributed by atoms with E-state index in [0.29, 0.717) is 12.8 Å². The third-order valence-corrected chi connectivity index (χ3v) is 3.71. The van der Waals surface area contributed by atoms with Crippen molar-refractivity contribution in [2.45, 2.75) is 19.8 Å². The van der Waals surface area contributed by atoms with Crippen molar-refractivity contribution < 1.29 is 4.79 Å². The van der Waals surface area contributed by atoms with Gasteiger partial charge in [-0.1, -0.05) is 11.6 Å². The highest BCUT2D eigenvalue weighted by Gasteiger charge is 2.08. The van der Waals surface area contributed by atoms with E-state index in [1.807, 2.05) is 31.2 Å². The van der Waals surface area contributed by atoms with Crippen molar-refractivity contribution in [1.82, 2.24) is 4.98 Å². The van der Waals surface area contributed by atoms with Crippen LogP contribution in [0.5, 0.6) is 0 Å². The second kappa shape index (κ2) is 6.14. The molecule has 3 nitrogen and oxygen atoms in total. The normalized spacial score (nSPS) is 10.4. The summed E-state index contributed by atoms with van der Waals surface area (Å²) >= 11 is 2.27. The van der Waals surface area contributed by atoms with Crippen molar-refractivity contribution in [3.05, 3.63) is 46.2 Å². The molecule has 0 spiro atoms. The summed E-state index contributed by atoms with van der Waals surface area (Å²) in [5.41, 5.74) is 2.61. The number of aromatic nitrogens is 1. The Morgan fingerprint density at radius 1 is 1.37 bits per heavy atom. The third kappa shape index (κ3) is 3.53. The number of rotatable bonds is 4. The first-order valence-corrected chi connectivity index (χ1v) is 7.13. The summed E-state index contributed by atoms with van der Waals surface area (Å²) in [6.07, 6.45) is 2.90. The molecule has 0 aliphatic carbocycles. The number of amides is 1. The number of carbonyl (C=O) groups is 1. The van der Waals surface area contributed by atoms with Gasteiger partial charge < -0.3 is 5.32 Å². The van der Waals surface area contributed by atoms with Gasteiger partial charge in [0.1, 0.15) is 0 Å². The van der Waals surface area contributed by atoms with E-state index in [2.05, 4.69) is 39.5 Å². The van der Waals surface area contributed by atoms with Gasteiger partial charge in [0.2, 0.25) is 5.91 Å². The molecule has 1 heterocycles. The molecule has 2 aromatic rings. The second-order valence-corrected chi connectivity index (χ2v) is 5.66. The van der Waals surface area contributed by atoms with E-state index in [9.17, 15) is 4.79 Å². The highest BCUT2D eigenvalue weighted by Crippen LogP contribution is 2.25. The Kier molecular flexibility index (Phi) is 4.52. The molecule has 4 heteroatoms. The number of hydrogen-bond donors (Lipinski definition) is 1. The van der Waals surface area contributed by atoms with Crippen LogP contribution in [-0.4, -0.2) is 10.9 Å². The SMILES string of the molecule is C=C(C)CCC(=O)Nc1ccc(I)c2cccnc12. The monoisotopic (exact) mass is 366 g/mol. The van der Waals surface area contributed by atoms with E-state index in [4.69, 9.17) is 0 Å². The number of hydrogen-bond acceptors (Lipinski definition) is 2. The van der Waals surface area contributed by atoms with E-state index in [0.717, 1.165) is 25.7 Å². The molecule has 0 radical (unpaired) electrons. The minimum Gasteiger partial charge on any atom is -0.324 e. The molecule has 1 amide bonds. The first-order valence-electron chi connectivity index (χ1n) is 6.05. The molecule has 2 rings (SSSR count). The van der Waals surface area contributed by atoms with Crippen LogP contribution < -0.4 is 5.32 Å². The fourth-order valence-corrected chi connectivity index (χ4v) is 2.39. The van der Waals surface area contributed by atoms with E-state index in [1.165, 1.54) is 0 Å². The van der Waals surface area contributed by atoms with Crippen molar-refractivity contribution in [2.75, 3.05) is 5.32 Å². The van der Waals surface area contributed by atoms with Crippen LogP contribution in [0.4, 0.5) is 5.69 Å². The molecule has 0 aliphatic rings. The van der Waals surface area contributed by atoms with Crippen molar-refractivity contribution in [1.29, 1.82) is 0 Å². The molecule has 98 valence electrons. The molecule has 0 fully saturated rings. The van der Waals surface area contributed by atoms with Crippen LogP contribution >= 0.6 is 22.6 Å². The molecule has 1 aromatic carbocycles. The minimum atomic E-state index is -0.00355. The Bertz CT molecular complexity index is 637. The Morgan fingerprint density at radius 2 is 2.16 bits per heavy atom. The van der Waals surface area contributed by atoms with Crippen LogP contribution in [0.3, 0.4) is 0 Å². The molecule has 1 aromatic heterocycles. The number of anilines is 1. The lowest BCUT2D eigenvalue weighted by atomic mass is 10.1. The van der Waals surface area contributed by atoms with E-state index < -0.39 is 0 Å². The Balaban J connectivity index is 2.24. The molecular formula is C15H15IN2O. The van der Waals surface area contributed by atoms with Gasteiger partial charge in [0.05, 0.1) is 11.2 Å².